The monoisotopic (exact) mass is 375 g/mol. The maximum Gasteiger partial charge on any atom is 0.253 e. The number of halogens is 1. The van der Waals surface area contributed by atoms with Gasteiger partial charge in [-0.2, -0.15) is 0 Å². The van der Waals surface area contributed by atoms with Crippen LogP contribution in [0.4, 0.5) is 0 Å². The molecule has 0 aromatic heterocycles. The number of nitrogens with one attached hydrogen (secondary N) is 2. The molecule has 1 atom stereocenters. The average Bonchev–Trinajstić information content (AvgIpc) is 2.97. The molecule has 24 heavy (non-hydrogen) atoms. The first-order chi connectivity index (χ1) is 10.6. The Morgan fingerprint density at radius 3 is 2.29 bits per heavy atom. The fraction of sp³-hybridized carbons (Fsp3) is 0.562. The summed E-state index contributed by atoms with van der Waals surface area (Å²) in [6.45, 7) is 7.06. The number of hydrogen-bond donors (Lipinski definition) is 2. The number of carbonyl (C=O) groups excluding carboxylic acids is 1. The molecule has 136 valence electrons. The lowest BCUT2D eigenvalue weighted by atomic mass is 10.1. The van der Waals surface area contributed by atoms with Crippen LogP contribution in [-0.4, -0.2) is 50.9 Å². The van der Waals surface area contributed by atoms with E-state index in [1.807, 2.05) is 0 Å². The second kappa shape index (κ2) is 7.82. The quantitative estimate of drug-likeness (QED) is 0.838. The molecular weight excluding hydrogens is 350 g/mol. The van der Waals surface area contributed by atoms with Crippen molar-refractivity contribution in [2.24, 2.45) is 0 Å². The second-order valence-corrected chi connectivity index (χ2v) is 8.62. The number of carbonyl (C=O) groups is 1. The number of nitrogens with zero attached hydrogens (tertiary/aromatic N) is 1. The van der Waals surface area contributed by atoms with Crippen molar-refractivity contribution in [3.63, 3.8) is 0 Å². The van der Waals surface area contributed by atoms with Gasteiger partial charge in [-0.15, -0.1) is 12.4 Å². The summed E-state index contributed by atoms with van der Waals surface area (Å²) in [7, 11) is -1.80. The first-order valence-electron chi connectivity index (χ1n) is 7.72. The summed E-state index contributed by atoms with van der Waals surface area (Å²) in [4.78, 5) is 14.3. The summed E-state index contributed by atoms with van der Waals surface area (Å²) < 4.78 is 27.1. The highest BCUT2D eigenvalue weighted by Gasteiger charge is 2.25. The highest BCUT2D eigenvalue weighted by atomic mass is 35.5. The van der Waals surface area contributed by atoms with Crippen molar-refractivity contribution in [2.45, 2.75) is 43.7 Å². The lowest BCUT2D eigenvalue weighted by Gasteiger charge is -2.24. The van der Waals surface area contributed by atoms with Gasteiger partial charge in [0.15, 0.2) is 0 Å². The van der Waals surface area contributed by atoms with Gasteiger partial charge in [0.25, 0.3) is 5.91 Å². The number of sulfonamides is 1. The predicted molar refractivity (Wildman–Crippen MR) is 97.1 cm³/mol. The first-order valence-corrected chi connectivity index (χ1v) is 9.20. The van der Waals surface area contributed by atoms with Gasteiger partial charge in [0.05, 0.1) is 4.90 Å². The van der Waals surface area contributed by atoms with Crippen molar-refractivity contribution in [2.75, 3.05) is 20.1 Å². The standard InChI is InChI=1S/C16H25N3O3S.ClH/c1-16(2,3)18-23(21,22)14-7-5-12(6-8-14)15(20)19(4)13-9-10-17-11-13;/h5-8,13,17-18H,9-11H2,1-4H3;1H. The summed E-state index contributed by atoms with van der Waals surface area (Å²) >= 11 is 0. The Morgan fingerprint density at radius 1 is 1.25 bits per heavy atom. The van der Waals surface area contributed by atoms with E-state index >= 15 is 0 Å². The van der Waals surface area contributed by atoms with Crippen molar-refractivity contribution < 1.29 is 13.2 Å². The molecule has 1 aromatic rings. The van der Waals surface area contributed by atoms with E-state index in [1.165, 1.54) is 12.1 Å². The van der Waals surface area contributed by atoms with E-state index in [4.69, 9.17) is 0 Å². The van der Waals surface area contributed by atoms with Crippen LogP contribution in [0.15, 0.2) is 29.2 Å². The Bertz CT molecular complexity index is 663. The Morgan fingerprint density at radius 2 is 1.83 bits per heavy atom. The zero-order valence-electron chi connectivity index (χ0n) is 14.5. The molecule has 2 rings (SSSR count). The van der Waals surface area contributed by atoms with Gasteiger partial charge >= 0.3 is 0 Å². The SMILES string of the molecule is CN(C(=O)c1ccc(S(=O)(=O)NC(C)(C)C)cc1)C1CCNC1.Cl. The molecule has 1 aromatic carbocycles. The molecule has 1 saturated heterocycles. The summed E-state index contributed by atoms with van der Waals surface area (Å²) in [6.07, 6.45) is 0.935. The van der Waals surface area contributed by atoms with E-state index < -0.39 is 15.6 Å². The molecule has 1 aliphatic heterocycles. The van der Waals surface area contributed by atoms with Gasteiger partial charge < -0.3 is 10.2 Å². The third-order valence-electron chi connectivity index (χ3n) is 3.75. The molecule has 1 fully saturated rings. The average molecular weight is 376 g/mol. The molecule has 8 heteroatoms. The van der Waals surface area contributed by atoms with Gasteiger partial charge in [0.1, 0.15) is 0 Å². The molecule has 1 aliphatic rings. The number of rotatable bonds is 4. The predicted octanol–water partition coefficient (Wildman–Crippen LogP) is 1.62. The van der Waals surface area contributed by atoms with E-state index in [9.17, 15) is 13.2 Å². The Hall–Kier alpha value is -1.15. The fourth-order valence-electron chi connectivity index (χ4n) is 2.58. The molecule has 1 heterocycles. The third kappa shape index (κ3) is 5.17. The topological polar surface area (TPSA) is 78.5 Å². The van der Waals surface area contributed by atoms with Crippen LogP contribution in [-0.2, 0) is 10.0 Å². The molecule has 0 saturated carbocycles. The molecule has 0 bridgehead atoms. The minimum atomic E-state index is -3.58. The Labute approximate surface area is 150 Å². The fourth-order valence-corrected chi connectivity index (χ4v) is 4.00. The summed E-state index contributed by atoms with van der Waals surface area (Å²) in [6, 6.07) is 6.27. The van der Waals surface area contributed by atoms with Gasteiger partial charge in [0, 0.05) is 30.7 Å². The molecule has 2 N–H and O–H groups in total. The van der Waals surface area contributed by atoms with Crippen molar-refractivity contribution in [1.82, 2.24) is 14.9 Å². The van der Waals surface area contributed by atoms with Crippen LogP contribution >= 0.6 is 12.4 Å². The van der Waals surface area contributed by atoms with Crippen molar-refractivity contribution >= 4 is 28.3 Å². The van der Waals surface area contributed by atoms with Gasteiger partial charge in [-0.25, -0.2) is 13.1 Å². The van der Waals surface area contributed by atoms with Gasteiger partial charge in [-0.3, -0.25) is 4.79 Å². The maximum atomic E-state index is 12.5. The van der Waals surface area contributed by atoms with Crippen LogP contribution in [0.1, 0.15) is 37.6 Å². The molecule has 0 aliphatic carbocycles. The zero-order valence-corrected chi connectivity index (χ0v) is 16.1. The Balaban J connectivity index is 0.00000288. The second-order valence-electron chi connectivity index (χ2n) is 6.94. The van der Waals surface area contributed by atoms with Crippen LogP contribution in [0.25, 0.3) is 0 Å². The maximum absolute atomic E-state index is 12.5. The van der Waals surface area contributed by atoms with E-state index in [1.54, 1.807) is 44.9 Å². The van der Waals surface area contributed by atoms with Crippen LogP contribution in [0.5, 0.6) is 0 Å². The summed E-state index contributed by atoms with van der Waals surface area (Å²) in [5.74, 6) is -0.0913. The Kier molecular flexibility index (Phi) is 6.81. The van der Waals surface area contributed by atoms with Crippen LogP contribution in [0, 0.1) is 0 Å². The number of amides is 1. The number of hydrogen-bond acceptors (Lipinski definition) is 4. The van der Waals surface area contributed by atoms with Crippen molar-refractivity contribution in [1.29, 1.82) is 0 Å². The minimum absolute atomic E-state index is 0. The molecule has 6 nitrogen and oxygen atoms in total. The van der Waals surface area contributed by atoms with E-state index in [0.717, 1.165) is 19.5 Å². The molecule has 1 unspecified atom stereocenters. The van der Waals surface area contributed by atoms with E-state index in [2.05, 4.69) is 10.0 Å². The minimum Gasteiger partial charge on any atom is -0.337 e. The highest BCUT2D eigenvalue weighted by Crippen LogP contribution is 2.16. The molecule has 1 amide bonds. The smallest absolute Gasteiger partial charge is 0.253 e. The summed E-state index contributed by atoms with van der Waals surface area (Å²) in [5, 5.41) is 3.23. The number of likely N-dealkylation sites (N-methyl/N-ethyl adjacent to an activating group) is 1. The van der Waals surface area contributed by atoms with E-state index in [0.29, 0.717) is 5.56 Å². The molecule has 0 radical (unpaired) electrons. The van der Waals surface area contributed by atoms with E-state index in [-0.39, 0.29) is 29.3 Å². The number of benzene rings is 1. The summed E-state index contributed by atoms with van der Waals surface area (Å²) in [5.41, 5.74) is -0.0580. The van der Waals surface area contributed by atoms with Crippen LogP contribution in [0.3, 0.4) is 0 Å². The molecule has 0 spiro atoms. The molecular formula is C16H26ClN3O3S. The van der Waals surface area contributed by atoms with Gasteiger partial charge in [-0.1, -0.05) is 0 Å². The largest absolute Gasteiger partial charge is 0.337 e. The van der Waals surface area contributed by atoms with Crippen LogP contribution < -0.4 is 10.0 Å². The third-order valence-corrected chi connectivity index (χ3v) is 5.53. The normalized spacial score (nSPS) is 18.1. The lowest BCUT2D eigenvalue weighted by molar-refractivity contribution is 0.0743. The zero-order chi connectivity index (χ0) is 17.3. The highest BCUT2D eigenvalue weighted by molar-refractivity contribution is 7.89. The van der Waals surface area contributed by atoms with Crippen LogP contribution in [0.2, 0.25) is 0 Å². The first kappa shape index (κ1) is 20.9. The van der Waals surface area contributed by atoms with Gasteiger partial charge in [-0.05, 0) is 58.0 Å². The van der Waals surface area contributed by atoms with Crippen molar-refractivity contribution in [3.8, 4) is 0 Å². The lowest BCUT2D eigenvalue weighted by Crippen LogP contribution is -2.40. The van der Waals surface area contributed by atoms with Gasteiger partial charge in [0.2, 0.25) is 10.0 Å². The van der Waals surface area contributed by atoms with Crippen molar-refractivity contribution in [3.05, 3.63) is 29.8 Å².